The van der Waals surface area contributed by atoms with Gasteiger partial charge in [-0.25, -0.2) is 0 Å². The predicted octanol–water partition coefficient (Wildman–Crippen LogP) is 1.24. The molecule has 0 spiro atoms. The van der Waals surface area contributed by atoms with Gasteiger partial charge in [-0.3, -0.25) is 0 Å². The zero-order chi connectivity index (χ0) is 8.81. The standard InChI is InChI=1S/C9H19NOS/c1-8(11)4-5-10-9-3-2-6-12-7-9/h8-11H,2-7H2,1H3. The summed E-state index contributed by atoms with van der Waals surface area (Å²) in [6.45, 7) is 2.81. The van der Waals surface area contributed by atoms with Crippen LogP contribution < -0.4 is 5.32 Å². The maximum atomic E-state index is 9.04. The minimum absolute atomic E-state index is 0.159. The molecule has 12 heavy (non-hydrogen) atoms. The number of thioether (sulfide) groups is 1. The normalized spacial score (nSPS) is 27.0. The number of hydrogen-bond acceptors (Lipinski definition) is 3. The minimum Gasteiger partial charge on any atom is -0.393 e. The van der Waals surface area contributed by atoms with E-state index in [0.717, 1.165) is 13.0 Å². The van der Waals surface area contributed by atoms with Crippen LogP contribution in [0.3, 0.4) is 0 Å². The van der Waals surface area contributed by atoms with Gasteiger partial charge >= 0.3 is 0 Å². The van der Waals surface area contributed by atoms with Crippen LogP contribution in [0.25, 0.3) is 0 Å². The second-order valence-corrected chi connectivity index (χ2v) is 4.66. The van der Waals surface area contributed by atoms with E-state index in [9.17, 15) is 0 Å². The van der Waals surface area contributed by atoms with Crippen LogP contribution in [0.2, 0.25) is 0 Å². The summed E-state index contributed by atoms with van der Waals surface area (Å²) in [5, 5.41) is 12.5. The second kappa shape index (κ2) is 5.84. The first-order chi connectivity index (χ1) is 5.79. The lowest BCUT2D eigenvalue weighted by Gasteiger charge is -2.22. The Morgan fingerprint density at radius 1 is 1.67 bits per heavy atom. The van der Waals surface area contributed by atoms with Crippen molar-refractivity contribution in [2.24, 2.45) is 0 Å². The molecule has 2 N–H and O–H groups in total. The van der Waals surface area contributed by atoms with E-state index in [1.165, 1.54) is 24.3 Å². The lowest BCUT2D eigenvalue weighted by atomic mass is 10.2. The molecule has 2 unspecified atom stereocenters. The molecule has 1 rings (SSSR count). The molecular formula is C9H19NOS. The van der Waals surface area contributed by atoms with E-state index in [2.05, 4.69) is 5.32 Å². The van der Waals surface area contributed by atoms with Crippen molar-refractivity contribution >= 4 is 11.8 Å². The highest BCUT2D eigenvalue weighted by atomic mass is 32.2. The molecule has 1 aliphatic rings. The molecule has 0 aromatic carbocycles. The molecule has 0 amide bonds. The van der Waals surface area contributed by atoms with E-state index in [0.29, 0.717) is 6.04 Å². The molecule has 0 aromatic rings. The summed E-state index contributed by atoms with van der Waals surface area (Å²) in [6.07, 6.45) is 3.37. The van der Waals surface area contributed by atoms with Crippen molar-refractivity contribution in [1.82, 2.24) is 5.32 Å². The van der Waals surface area contributed by atoms with Gasteiger partial charge in [-0.15, -0.1) is 0 Å². The summed E-state index contributed by atoms with van der Waals surface area (Å²) in [4.78, 5) is 0. The molecule has 72 valence electrons. The Balaban J connectivity index is 1.98. The van der Waals surface area contributed by atoms with Gasteiger partial charge in [-0.2, -0.15) is 11.8 Å². The van der Waals surface area contributed by atoms with Gasteiger partial charge in [-0.05, 0) is 38.5 Å². The lowest BCUT2D eigenvalue weighted by Crippen LogP contribution is -2.35. The quantitative estimate of drug-likeness (QED) is 0.698. The smallest absolute Gasteiger partial charge is 0.0524 e. The Morgan fingerprint density at radius 3 is 3.08 bits per heavy atom. The zero-order valence-corrected chi connectivity index (χ0v) is 8.57. The summed E-state index contributed by atoms with van der Waals surface area (Å²) < 4.78 is 0. The number of nitrogens with one attached hydrogen (secondary N) is 1. The molecule has 0 aliphatic carbocycles. The molecule has 0 aromatic heterocycles. The van der Waals surface area contributed by atoms with E-state index in [1.54, 1.807) is 0 Å². The molecule has 2 atom stereocenters. The number of hydrogen-bond donors (Lipinski definition) is 2. The van der Waals surface area contributed by atoms with Crippen molar-refractivity contribution in [2.75, 3.05) is 18.1 Å². The van der Waals surface area contributed by atoms with Gasteiger partial charge in [0.05, 0.1) is 6.10 Å². The fraction of sp³-hybridized carbons (Fsp3) is 1.00. The van der Waals surface area contributed by atoms with Gasteiger partial charge < -0.3 is 10.4 Å². The fourth-order valence-electron chi connectivity index (χ4n) is 1.40. The SMILES string of the molecule is CC(O)CCNC1CCCSC1. The zero-order valence-electron chi connectivity index (χ0n) is 7.75. The summed E-state index contributed by atoms with van der Waals surface area (Å²) in [5.41, 5.74) is 0. The monoisotopic (exact) mass is 189 g/mol. The van der Waals surface area contributed by atoms with Gasteiger partial charge in [-0.1, -0.05) is 0 Å². The Bertz CT molecular complexity index is 113. The largest absolute Gasteiger partial charge is 0.393 e. The molecule has 1 fully saturated rings. The van der Waals surface area contributed by atoms with Crippen molar-refractivity contribution in [3.63, 3.8) is 0 Å². The van der Waals surface area contributed by atoms with Crippen molar-refractivity contribution in [1.29, 1.82) is 0 Å². The van der Waals surface area contributed by atoms with Crippen LogP contribution in [-0.2, 0) is 0 Å². The van der Waals surface area contributed by atoms with E-state index >= 15 is 0 Å². The number of aliphatic hydroxyl groups is 1. The highest BCUT2D eigenvalue weighted by Gasteiger charge is 2.12. The van der Waals surface area contributed by atoms with Gasteiger partial charge in [0.15, 0.2) is 0 Å². The van der Waals surface area contributed by atoms with Crippen LogP contribution in [0.5, 0.6) is 0 Å². The minimum atomic E-state index is -0.159. The highest BCUT2D eigenvalue weighted by Crippen LogP contribution is 2.16. The third-order valence-corrected chi connectivity index (χ3v) is 3.37. The van der Waals surface area contributed by atoms with Crippen LogP contribution in [-0.4, -0.2) is 35.3 Å². The summed E-state index contributed by atoms with van der Waals surface area (Å²) in [5.74, 6) is 2.58. The molecule has 1 aliphatic heterocycles. The Morgan fingerprint density at radius 2 is 2.50 bits per heavy atom. The van der Waals surface area contributed by atoms with Crippen LogP contribution in [0.15, 0.2) is 0 Å². The Kier molecular flexibility index (Phi) is 5.04. The molecule has 3 heteroatoms. The molecule has 1 heterocycles. The van der Waals surface area contributed by atoms with E-state index in [4.69, 9.17) is 5.11 Å². The van der Waals surface area contributed by atoms with Crippen molar-refractivity contribution in [2.45, 2.75) is 38.3 Å². The van der Waals surface area contributed by atoms with E-state index in [1.807, 2.05) is 18.7 Å². The van der Waals surface area contributed by atoms with Gasteiger partial charge in [0.2, 0.25) is 0 Å². The van der Waals surface area contributed by atoms with Crippen LogP contribution in [0.1, 0.15) is 26.2 Å². The molecule has 2 nitrogen and oxygen atoms in total. The molecule has 1 saturated heterocycles. The lowest BCUT2D eigenvalue weighted by molar-refractivity contribution is 0.182. The molecule has 0 radical (unpaired) electrons. The third kappa shape index (κ3) is 4.33. The van der Waals surface area contributed by atoms with Crippen molar-refractivity contribution in [3.8, 4) is 0 Å². The van der Waals surface area contributed by atoms with Gasteiger partial charge in [0.25, 0.3) is 0 Å². The maximum absolute atomic E-state index is 9.04. The highest BCUT2D eigenvalue weighted by molar-refractivity contribution is 7.99. The summed E-state index contributed by atoms with van der Waals surface area (Å²) in [7, 11) is 0. The first-order valence-electron chi connectivity index (χ1n) is 4.78. The molecular weight excluding hydrogens is 170 g/mol. The summed E-state index contributed by atoms with van der Waals surface area (Å²) >= 11 is 2.04. The Hall–Kier alpha value is 0.270. The van der Waals surface area contributed by atoms with Crippen molar-refractivity contribution in [3.05, 3.63) is 0 Å². The first kappa shape index (κ1) is 10.4. The maximum Gasteiger partial charge on any atom is 0.0524 e. The summed E-state index contributed by atoms with van der Waals surface area (Å²) in [6, 6.07) is 0.697. The van der Waals surface area contributed by atoms with Gasteiger partial charge in [0.1, 0.15) is 0 Å². The fourth-order valence-corrected chi connectivity index (χ4v) is 2.50. The van der Waals surface area contributed by atoms with Crippen LogP contribution in [0, 0.1) is 0 Å². The Labute approximate surface area is 79.1 Å². The number of rotatable bonds is 4. The third-order valence-electron chi connectivity index (χ3n) is 2.16. The predicted molar refractivity (Wildman–Crippen MR) is 54.6 cm³/mol. The molecule has 0 saturated carbocycles. The molecule has 0 bridgehead atoms. The average Bonchev–Trinajstić information content (AvgIpc) is 2.05. The van der Waals surface area contributed by atoms with Gasteiger partial charge in [0, 0.05) is 11.8 Å². The average molecular weight is 189 g/mol. The van der Waals surface area contributed by atoms with Crippen molar-refractivity contribution < 1.29 is 5.11 Å². The topological polar surface area (TPSA) is 32.3 Å². The first-order valence-corrected chi connectivity index (χ1v) is 5.93. The van der Waals surface area contributed by atoms with E-state index < -0.39 is 0 Å². The van der Waals surface area contributed by atoms with E-state index in [-0.39, 0.29) is 6.10 Å². The van der Waals surface area contributed by atoms with Crippen LogP contribution in [0.4, 0.5) is 0 Å². The van der Waals surface area contributed by atoms with Crippen LogP contribution >= 0.6 is 11.8 Å². The second-order valence-electron chi connectivity index (χ2n) is 3.51. The number of aliphatic hydroxyl groups excluding tert-OH is 1.